The average Bonchev–Trinajstić information content (AvgIpc) is 2.18. The molecule has 0 aliphatic heterocycles. The molecule has 1 rings (SSSR count). The van der Waals surface area contributed by atoms with Crippen LogP contribution in [-0.4, -0.2) is 17.2 Å². The molecule has 0 atom stereocenters. The van der Waals surface area contributed by atoms with Crippen LogP contribution in [0.5, 0.6) is 0 Å². The maximum Gasteiger partial charge on any atom is 0.268 e. The van der Waals surface area contributed by atoms with E-state index in [9.17, 15) is 4.79 Å². The van der Waals surface area contributed by atoms with E-state index < -0.39 is 0 Å². The van der Waals surface area contributed by atoms with Crippen LogP contribution in [0, 0.1) is 0 Å². The van der Waals surface area contributed by atoms with Gasteiger partial charge in [-0.05, 0) is 7.05 Å². The highest BCUT2D eigenvalue weighted by atomic mass is 16.1. The molecule has 0 unspecified atom stereocenters. The van der Waals surface area contributed by atoms with Gasteiger partial charge >= 0.3 is 0 Å². The second-order valence-corrected chi connectivity index (χ2v) is 1.80. The van der Waals surface area contributed by atoms with Gasteiger partial charge in [0.15, 0.2) is 0 Å². The topological polar surface area (TPSA) is 60.7 Å². The van der Waals surface area contributed by atoms with Crippen LogP contribution in [-0.2, 0) is 6.54 Å². The Morgan fingerprint density at radius 3 is 3.00 bits per heavy atom. The molecular weight excluding hydrogens is 118 g/mol. The van der Waals surface area contributed by atoms with E-state index in [4.69, 9.17) is 0 Å². The zero-order chi connectivity index (χ0) is 6.69. The summed E-state index contributed by atoms with van der Waals surface area (Å²) in [6.07, 6.45) is 1.65. The first kappa shape index (κ1) is 6.10. The van der Waals surface area contributed by atoms with Crippen LogP contribution in [0.4, 0.5) is 0 Å². The van der Waals surface area contributed by atoms with Gasteiger partial charge in [0.2, 0.25) is 0 Å². The van der Waals surface area contributed by atoms with Crippen LogP contribution in [0.15, 0.2) is 11.0 Å². The van der Waals surface area contributed by atoms with E-state index in [1.807, 2.05) is 0 Å². The van der Waals surface area contributed by atoms with E-state index in [0.717, 1.165) is 5.56 Å². The molecule has 0 amide bonds. The average molecular weight is 127 g/mol. The molecule has 1 aromatic rings. The predicted molar refractivity (Wildman–Crippen MR) is 34.2 cm³/mol. The Morgan fingerprint density at radius 2 is 2.56 bits per heavy atom. The number of H-pyrrole nitrogens is 2. The van der Waals surface area contributed by atoms with Crippen LogP contribution in [0.1, 0.15) is 5.56 Å². The molecule has 50 valence electrons. The Hall–Kier alpha value is -1.03. The van der Waals surface area contributed by atoms with E-state index in [2.05, 4.69) is 15.5 Å². The molecule has 9 heavy (non-hydrogen) atoms. The molecule has 0 aliphatic rings. The quantitative estimate of drug-likeness (QED) is 0.498. The molecule has 0 bridgehead atoms. The highest BCUT2D eigenvalue weighted by Gasteiger charge is 1.94. The Balaban J connectivity index is 2.81. The zero-order valence-corrected chi connectivity index (χ0v) is 5.19. The van der Waals surface area contributed by atoms with Crippen molar-refractivity contribution in [3.05, 3.63) is 22.1 Å². The third kappa shape index (κ3) is 1.20. The minimum atomic E-state index is -0.0515. The standard InChI is InChI=1S/C5H9N3O/c1-6-2-4-3-7-8-5(4)9/h3,6H,2H2,1H3,(H2,7,8,9). The van der Waals surface area contributed by atoms with Gasteiger partial charge in [-0.15, -0.1) is 0 Å². The molecule has 1 heterocycles. The monoisotopic (exact) mass is 127 g/mol. The van der Waals surface area contributed by atoms with Gasteiger partial charge in [0.05, 0.1) is 0 Å². The van der Waals surface area contributed by atoms with Crippen LogP contribution in [0.2, 0.25) is 0 Å². The van der Waals surface area contributed by atoms with E-state index >= 15 is 0 Å². The molecule has 0 aliphatic carbocycles. The van der Waals surface area contributed by atoms with Crippen molar-refractivity contribution in [3.63, 3.8) is 0 Å². The fourth-order valence-electron chi connectivity index (χ4n) is 0.656. The van der Waals surface area contributed by atoms with E-state index in [1.54, 1.807) is 13.2 Å². The van der Waals surface area contributed by atoms with Crippen LogP contribution in [0.25, 0.3) is 0 Å². The Labute approximate surface area is 52.3 Å². The van der Waals surface area contributed by atoms with Gasteiger partial charge in [0.1, 0.15) is 0 Å². The highest BCUT2D eigenvalue weighted by molar-refractivity contribution is 5.01. The van der Waals surface area contributed by atoms with Crippen molar-refractivity contribution >= 4 is 0 Å². The molecule has 0 radical (unpaired) electrons. The van der Waals surface area contributed by atoms with E-state index in [0.29, 0.717) is 6.54 Å². The predicted octanol–water partition coefficient (Wildman–Crippen LogP) is -0.578. The molecule has 4 heteroatoms. The van der Waals surface area contributed by atoms with Gasteiger partial charge in [-0.3, -0.25) is 9.89 Å². The third-order valence-corrected chi connectivity index (χ3v) is 1.09. The van der Waals surface area contributed by atoms with Crippen molar-refractivity contribution in [1.29, 1.82) is 0 Å². The lowest BCUT2D eigenvalue weighted by Crippen LogP contribution is -2.13. The van der Waals surface area contributed by atoms with Crippen molar-refractivity contribution < 1.29 is 0 Å². The second kappa shape index (κ2) is 2.50. The fraction of sp³-hybridized carbons (Fsp3) is 0.400. The van der Waals surface area contributed by atoms with Gasteiger partial charge in [-0.1, -0.05) is 0 Å². The number of aromatic amines is 2. The fourth-order valence-corrected chi connectivity index (χ4v) is 0.656. The Kier molecular flexibility index (Phi) is 1.69. The van der Waals surface area contributed by atoms with E-state index in [1.165, 1.54) is 0 Å². The molecule has 1 aromatic heterocycles. The third-order valence-electron chi connectivity index (χ3n) is 1.09. The first-order valence-electron chi connectivity index (χ1n) is 2.74. The van der Waals surface area contributed by atoms with Gasteiger partial charge in [0, 0.05) is 18.3 Å². The smallest absolute Gasteiger partial charge is 0.268 e. The van der Waals surface area contributed by atoms with Gasteiger partial charge in [-0.2, -0.15) is 0 Å². The summed E-state index contributed by atoms with van der Waals surface area (Å²) in [6, 6.07) is 0. The zero-order valence-electron chi connectivity index (χ0n) is 5.19. The highest BCUT2D eigenvalue weighted by Crippen LogP contribution is 1.81. The summed E-state index contributed by atoms with van der Waals surface area (Å²) in [5.74, 6) is 0. The summed E-state index contributed by atoms with van der Waals surface area (Å²) >= 11 is 0. The van der Waals surface area contributed by atoms with Crippen LogP contribution >= 0.6 is 0 Å². The van der Waals surface area contributed by atoms with Gasteiger partial charge in [-0.25, -0.2) is 0 Å². The maximum atomic E-state index is 10.7. The van der Waals surface area contributed by atoms with E-state index in [-0.39, 0.29) is 5.56 Å². The van der Waals surface area contributed by atoms with Gasteiger partial charge in [0.25, 0.3) is 5.56 Å². The minimum Gasteiger partial charge on any atom is -0.315 e. The Morgan fingerprint density at radius 1 is 1.78 bits per heavy atom. The summed E-state index contributed by atoms with van der Waals surface area (Å²) in [7, 11) is 1.80. The number of hydrogen-bond acceptors (Lipinski definition) is 2. The van der Waals surface area contributed by atoms with Crippen LogP contribution in [0.3, 0.4) is 0 Å². The normalized spacial score (nSPS) is 9.89. The summed E-state index contributed by atoms with van der Waals surface area (Å²) in [6.45, 7) is 0.610. The summed E-state index contributed by atoms with van der Waals surface area (Å²) in [5.41, 5.74) is 0.682. The molecular formula is C5H9N3O. The van der Waals surface area contributed by atoms with Crippen LogP contribution < -0.4 is 10.9 Å². The molecule has 0 fully saturated rings. The van der Waals surface area contributed by atoms with Crippen molar-refractivity contribution in [2.45, 2.75) is 6.54 Å². The van der Waals surface area contributed by atoms with Crippen molar-refractivity contribution in [3.8, 4) is 0 Å². The summed E-state index contributed by atoms with van der Waals surface area (Å²) in [5, 5.41) is 7.91. The largest absolute Gasteiger partial charge is 0.315 e. The Bertz CT molecular complexity index is 224. The molecule has 0 aromatic carbocycles. The lowest BCUT2D eigenvalue weighted by Gasteiger charge is -1.87. The molecule has 0 spiro atoms. The first-order chi connectivity index (χ1) is 4.34. The molecule has 3 N–H and O–H groups in total. The van der Waals surface area contributed by atoms with Crippen molar-refractivity contribution in [2.24, 2.45) is 0 Å². The van der Waals surface area contributed by atoms with Crippen molar-refractivity contribution in [2.75, 3.05) is 7.05 Å². The van der Waals surface area contributed by atoms with Gasteiger partial charge < -0.3 is 10.4 Å². The number of aromatic nitrogens is 2. The molecule has 4 nitrogen and oxygen atoms in total. The SMILES string of the molecule is CNCc1c[nH][nH]c1=O. The first-order valence-corrected chi connectivity index (χ1v) is 2.74. The lowest BCUT2D eigenvalue weighted by atomic mass is 10.4. The number of nitrogens with one attached hydrogen (secondary N) is 3. The lowest BCUT2D eigenvalue weighted by molar-refractivity contribution is 0.813. The summed E-state index contributed by atoms with van der Waals surface area (Å²) < 4.78 is 0. The van der Waals surface area contributed by atoms with Crippen molar-refractivity contribution in [1.82, 2.24) is 15.5 Å². The molecule has 0 saturated heterocycles. The molecule has 0 saturated carbocycles. The number of rotatable bonds is 2. The summed E-state index contributed by atoms with van der Waals surface area (Å²) in [4.78, 5) is 10.7. The maximum absolute atomic E-state index is 10.7. The number of hydrogen-bond donors (Lipinski definition) is 3. The minimum absolute atomic E-state index is 0.0515. The second-order valence-electron chi connectivity index (χ2n) is 1.80.